The molecule has 27 heavy (non-hydrogen) atoms. The molecular formula is C23H32O4. The second kappa shape index (κ2) is 11.4. The Labute approximate surface area is 163 Å². The third-order valence-corrected chi connectivity index (χ3v) is 4.19. The lowest BCUT2D eigenvalue weighted by molar-refractivity contribution is 0.320. The van der Waals surface area contributed by atoms with E-state index in [0.717, 1.165) is 42.3 Å². The van der Waals surface area contributed by atoms with Gasteiger partial charge in [0.2, 0.25) is 0 Å². The molecule has 0 amide bonds. The third-order valence-electron chi connectivity index (χ3n) is 4.19. The van der Waals surface area contributed by atoms with Gasteiger partial charge < -0.3 is 18.9 Å². The molecule has 0 saturated heterocycles. The number of benzene rings is 2. The fourth-order valence-electron chi connectivity index (χ4n) is 3.04. The third kappa shape index (κ3) is 6.38. The van der Waals surface area contributed by atoms with Gasteiger partial charge in [0.15, 0.2) is 0 Å². The molecule has 0 spiro atoms. The van der Waals surface area contributed by atoms with E-state index in [1.807, 2.05) is 52.0 Å². The van der Waals surface area contributed by atoms with E-state index in [-0.39, 0.29) is 0 Å². The zero-order valence-electron chi connectivity index (χ0n) is 17.0. The summed E-state index contributed by atoms with van der Waals surface area (Å²) in [7, 11) is 0. The summed E-state index contributed by atoms with van der Waals surface area (Å²) in [6.07, 6.45) is 2.91. The molecule has 0 heterocycles. The first kappa shape index (κ1) is 20.9. The van der Waals surface area contributed by atoms with Crippen LogP contribution in [0.3, 0.4) is 0 Å². The predicted octanol–water partition coefficient (Wildman–Crippen LogP) is 5.46. The molecule has 0 atom stereocenters. The summed E-state index contributed by atoms with van der Waals surface area (Å²) >= 11 is 0. The van der Waals surface area contributed by atoms with Crippen LogP contribution in [0.5, 0.6) is 23.0 Å². The minimum atomic E-state index is 0.649. The number of ether oxygens (including phenoxy) is 4. The fraction of sp³-hybridized carbons (Fsp3) is 0.478. The van der Waals surface area contributed by atoms with E-state index in [2.05, 4.69) is 12.1 Å². The van der Waals surface area contributed by atoms with Crippen molar-refractivity contribution in [3.8, 4) is 23.0 Å². The van der Waals surface area contributed by atoms with Crippen LogP contribution in [0.25, 0.3) is 0 Å². The predicted molar refractivity (Wildman–Crippen MR) is 110 cm³/mol. The lowest BCUT2D eigenvalue weighted by atomic mass is 10.0. The van der Waals surface area contributed by atoms with E-state index < -0.39 is 0 Å². The van der Waals surface area contributed by atoms with Crippen molar-refractivity contribution in [2.45, 2.75) is 47.0 Å². The van der Waals surface area contributed by atoms with E-state index in [1.54, 1.807) is 0 Å². The summed E-state index contributed by atoms with van der Waals surface area (Å²) in [6, 6.07) is 12.2. The molecule has 0 saturated carbocycles. The standard InChI is InChI=1S/C23H32O4/c1-5-24-20-14-12-18(22(16-20)26-7-3)10-9-11-19-13-15-21(25-6-2)17-23(19)27-8-4/h12-17H,5-11H2,1-4H3. The number of hydrogen-bond acceptors (Lipinski definition) is 4. The molecule has 0 unspecified atom stereocenters. The van der Waals surface area contributed by atoms with E-state index in [1.165, 1.54) is 11.1 Å². The maximum atomic E-state index is 5.81. The number of rotatable bonds is 12. The monoisotopic (exact) mass is 372 g/mol. The van der Waals surface area contributed by atoms with E-state index >= 15 is 0 Å². The lowest BCUT2D eigenvalue weighted by Gasteiger charge is -2.14. The minimum absolute atomic E-state index is 0.649. The van der Waals surface area contributed by atoms with Crippen molar-refractivity contribution in [1.82, 2.24) is 0 Å². The summed E-state index contributed by atoms with van der Waals surface area (Å²) in [5.74, 6) is 3.55. The van der Waals surface area contributed by atoms with Gasteiger partial charge in [-0.3, -0.25) is 0 Å². The molecule has 0 aromatic heterocycles. The van der Waals surface area contributed by atoms with Gasteiger partial charge in [-0.05, 0) is 70.2 Å². The maximum Gasteiger partial charge on any atom is 0.126 e. The van der Waals surface area contributed by atoms with Crippen molar-refractivity contribution in [2.75, 3.05) is 26.4 Å². The first-order chi connectivity index (χ1) is 13.2. The van der Waals surface area contributed by atoms with Crippen LogP contribution < -0.4 is 18.9 Å². The van der Waals surface area contributed by atoms with Crippen molar-refractivity contribution in [1.29, 1.82) is 0 Å². The zero-order chi connectivity index (χ0) is 19.5. The molecule has 0 fully saturated rings. The average molecular weight is 373 g/mol. The molecule has 4 heteroatoms. The van der Waals surface area contributed by atoms with Gasteiger partial charge >= 0.3 is 0 Å². The highest BCUT2D eigenvalue weighted by Crippen LogP contribution is 2.29. The second-order valence-electron chi connectivity index (χ2n) is 6.12. The molecule has 0 radical (unpaired) electrons. The molecule has 0 aliphatic carbocycles. The molecule has 148 valence electrons. The first-order valence-corrected chi connectivity index (χ1v) is 9.98. The number of aryl methyl sites for hydroxylation is 2. The van der Waals surface area contributed by atoms with E-state index in [4.69, 9.17) is 18.9 Å². The van der Waals surface area contributed by atoms with Gasteiger partial charge in [-0.1, -0.05) is 12.1 Å². The fourth-order valence-corrected chi connectivity index (χ4v) is 3.04. The van der Waals surface area contributed by atoms with Gasteiger partial charge in [-0.25, -0.2) is 0 Å². The van der Waals surface area contributed by atoms with Crippen molar-refractivity contribution in [2.24, 2.45) is 0 Å². The highest BCUT2D eigenvalue weighted by atomic mass is 16.5. The molecular weight excluding hydrogens is 340 g/mol. The Hall–Kier alpha value is -2.36. The quantitative estimate of drug-likeness (QED) is 0.496. The normalized spacial score (nSPS) is 10.5. The molecule has 0 aliphatic rings. The zero-order valence-corrected chi connectivity index (χ0v) is 17.0. The second-order valence-corrected chi connectivity index (χ2v) is 6.12. The van der Waals surface area contributed by atoms with Crippen LogP contribution in [0, 0.1) is 0 Å². The topological polar surface area (TPSA) is 36.9 Å². The minimum Gasteiger partial charge on any atom is -0.494 e. The molecule has 2 rings (SSSR count). The SMILES string of the molecule is CCOc1ccc(CCCc2ccc(OCC)cc2OCC)c(OCC)c1. The first-order valence-electron chi connectivity index (χ1n) is 9.98. The Balaban J connectivity index is 2.04. The maximum absolute atomic E-state index is 5.81. The van der Waals surface area contributed by atoms with Gasteiger partial charge in [-0.2, -0.15) is 0 Å². The van der Waals surface area contributed by atoms with E-state index in [9.17, 15) is 0 Å². The van der Waals surface area contributed by atoms with Crippen LogP contribution in [-0.2, 0) is 12.8 Å². The Bertz CT molecular complexity index is 637. The van der Waals surface area contributed by atoms with Gasteiger partial charge in [-0.15, -0.1) is 0 Å². The van der Waals surface area contributed by atoms with Crippen LogP contribution in [0.1, 0.15) is 45.2 Å². The molecule has 0 aliphatic heterocycles. The van der Waals surface area contributed by atoms with Crippen LogP contribution in [0.4, 0.5) is 0 Å². The molecule has 0 N–H and O–H groups in total. The van der Waals surface area contributed by atoms with Gasteiger partial charge in [0, 0.05) is 12.1 Å². The van der Waals surface area contributed by atoms with Crippen molar-refractivity contribution in [3.63, 3.8) is 0 Å². The Morgan fingerprint density at radius 3 is 1.33 bits per heavy atom. The van der Waals surface area contributed by atoms with Gasteiger partial charge in [0.1, 0.15) is 23.0 Å². The Morgan fingerprint density at radius 1 is 0.556 bits per heavy atom. The molecule has 2 aromatic rings. The average Bonchev–Trinajstić information content (AvgIpc) is 2.66. The summed E-state index contributed by atoms with van der Waals surface area (Å²) in [5.41, 5.74) is 2.42. The van der Waals surface area contributed by atoms with Crippen molar-refractivity contribution in [3.05, 3.63) is 47.5 Å². The van der Waals surface area contributed by atoms with Crippen molar-refractivity contribution >= 4 is 0 Å². The Kier molecular flexibility index (Phi) is 8.82. The van der Waals surface area contributed by atoms with Crippen LogP contribution >= 0.6 is 0 Å². The van der Waals surface area contributed by atoms with E-state index in [0.29, 0.717) is 26.4 Å². The smallest absolute Gasteiger partial charge is 0.126 e. The summed E-state index contributed by atoms with van der Waals surface area (Å²) in [4.78, 5) is 0. The number of hydrogen-bond donors (Lipinski definition) is 0. The summed E-state index contributed by atoms with van der Waals surface area (Å²) < 4.78 is 22.8. The van der Waals surface area contributed by atoms with Gasteiger partial charge in [0.05, 0.1) is 26.4 Å². The molecule has 4 nitrogen and oxygen atoms in total. The summed E-state index contributed by atoms with van der Waals surface area (Å²) in [5, 5.41) is 0. The molecule has 0 bridgehead atoms. The Morgan fingerprint density at radius 2 is 0.963 bits per heavy atom. The van der Waals surface area contributed by atoms with Crippen LogP contribution in [0.15, 0.2) is 36.4 Å². The molecule has 2 aromatic carbocycles. The lowest BCUT2D eigenvalue weighted by Crippen LogP contribution is -2.01. The van der Waals surface area contributed by atoms with Gasteiger partial charge in [0.25, 0.3) is 0 Å². The van der Waals surface area contributed by atoms with Crippen LogP contribution in [-0.4, -0.2) is 26.4 Å². The highest BCUT2D eigenvalue weighted by Gasteiger charge is 2.09. The highest BCUT2D eigenvalue weighted by molar-refractivity contribution is 5.42. The van der Waals surface area contributed by atoms with Crippen molar-refractivity contribution < 1.29 is 18.9 Å². The van der Waals surface area contributed by atoms with Crippen LogP contribution in [0.2, 0.25) is 0 Å². The summed E-state index contributed by atoms with van der Waals surface area (Å²) in [6.45, 7) is 10.6. The largest absolute Gasteiger partial charge is 0.494 e.